The van der Waals surface area contributed by atoms with Crippen LogP contribution in [0, 0.1) is 0 Å². The average Bonchev–Trinajstić information content (AvgIpc) is 3.15. The van der Waals surface area contributed by atoms with Gasteiger partial charge in [-0.25, -0.2) is 0 Å². The predicted molar refractivity (Wildman–Crippen MR) is 231 cm³/mol. The Morgan fingerprint density at radius 1 is 0.472 bits per heavy atom. The van der Waals surface area contributed by atoms with Gasteiger partial charge in [0.2, 0.25) is 5.91 Å². The molecule has 0 rings (SSSR count). The summed E-state index contributed by atoms with van der Waals surface area (Å²) in [6.07, 6.45) is 53.5. The van der Waals surface area contributed by atoms with Crippen LogP contribution in [0.5, 0.6) is 0 Å². The summed E-state index contributed by atoms with van der Waals surface area (Å²) in [6, 6.07) is -0.756. The van der Waals surface area contributed by atoms with Crippen LogP contribution < -0.4 is 5.32 Å². The van der Waals surface area contributed by atoms with Gasteiger partial charge in [0.25, 0.3) is 0 Å². The first-order valence-electron chi connectivity index (χ1n) is 23.6. The molecule has 0 aliphatic rings. The fourth-order valence-electron chi connectivity index (χ4n) is 7.36. The number of aliphatic hydroxyl groups excluding tert-OH is 3. The molecule has 53 heavy (non-hydrogen) atoms. The van der Waals surface area contributed by atoms with Gasteiger partial charge in [0.05, 0.1) is 31.3 Å². The molecule has 0 saturated carbocycles. The third kappa shape index (κ3) is 40.3. The standard InChI is InChI=1S/C48H93NO4/c1-3-5-7-9-11-13-15-16-17-18-19-20-21-22-23-24-25-26-27-28-29-30-32-33-35-37-39-41-45(51)43-48(53)49-46(44-50)47(52)42-40-38-36-34-31-14-12-10-8-6-4-2/h31,34,40,42,45-47,50-52H,3-30,32-33,35-39,41,43-44H2,1-2H3,(H,49,53)/b34-31+,42-40+. The molecule has 0 aliphatic heterocycles. The second-order valence-electron chi connectivity index (χ2n) is 16.4. The fraction of sp³-hybridized carbons (Fsp3) is 0.896. The molecular formula is C48H93NO4. The van der Waals surface area contributed by atoms with Crippen LogP contribution in [-0.2, 0) is 4.79 Å². The van der Waals surface area contributed by atoms with E-state index < -0.39 is 18.2 Å². The lowest BCUT2D eigenvalue weighted by atomic mass is 10.0. The molecule has 5 heteroatoms. The van der Waals surface area contributed by atoms with Crippen LogP contribution >= 0.6 is 0 Å². The fourth-order valence-corrected chi connectivity index (χ4v) is 7.36. The van der Waals surface area contributed by atoms with Gasteiger partial charge in [-0.2, -0.15) is 0 Å². The number of hydrogen-bond acceptors (Lipinski definition) is 4. The van der Waals surface area contributed by atoms with Gasteiger partial charge in [0.1, 0.15) is 0 Å². The minimum absolute atomic E-state index is 0.00957. The quantitative estimate of drug-likeness (QED) is 0.0369. The Labute approximate surface area is 331 Å². The third-order valence-electron chi connectivity index (χ3n) is 11.0. The van der Waals surface area contributed by atoms with Gasteiger partial charge in [-0.3, -0.25) is 4.79 Å². The summed E-state index contributed by atoms with van der Waals surface area (Å²) in [6.45, 7) is 4.19. The Morgan fingerprint density at radius 2 is 0.811 bits per heavy atom. The number of allylic oxidation sites excluding steroid dienone is 3. The molecular weight excluding hydrogens is 655 g/mol. The van der Waals surface area contributed by atoms with E-state index in [1.165, 1.54) is 193 Å². The van der Waals surface area contributed by atoms with Gasteiger partial charge in [-0.1, -0.05) is 237 Å². The molecule has 0 fully saturated rings. The normalized spacial score (nSPS) is 13.7. The zero-order valence-electron chi connectivity index (χ0n) is 35.7. The Hall–Kier alpha value is -1.17. The minimum atomic E-state index is -0.947. The van der Waals surface area contributed by atoms with Crippen molar-refractivity contribution in [1.82, 2.24) is 5.32 Å². The summed E-state index contributed by atoms with van der Waals surface area (Å²) in [5, 5.41) is 33.1. The highest BCUT2D eigenvalue weighted by Gasteiger charge is 2.20. The molecule has 0 aromatic heterocycles. The number of hydrogen-bond donors (Lipinski definition) is 4. The van der Waals surface area contributed by atoms with Crippen LogP contribution in [0.4, 0.5) is 0 Å². The van der Waals surface area contributed by atoms with Crippen LogP contribution in [0.3, 0.4) is 0 Å². The number of carbonyl (C=O) groups excluding carboxylic acids is 1. The van der Waals surface area contributed by atoms with Gasteiger partial charge >= 0.3 is 0 Å². The molecule has 0 saturated heterocycles. The SMILES string of the molecule is CCCCCCC/C=C/CC/C=C/C(O)C(CO)NC(=O)CC(O)CCCCCCCCCCCCCCCCCCCCCCCCCCCCC. The number of rotatable bonds is 43. The highest BCUT2D eigenvalue weighted by molar-refractivity contribution is 5.76. The van der Waals surface area contributed by atoms with Crippen molar-refractivity contribution in [1.29, 1.82) is 0 Å². The molecule has 4 N–H and O–H groups in total. The van der Waals surface area contributed by atoms with E-state index in [4.69, 9.17) is 0 Å². The molecule has 5 nitrogen and oxygen atoms in total. The largest absolute Gasteiger partial charge is 0.394 e. The van der Waals surface area contributed by atoms with E-state index in [1.54, 1.807) is 6.08 Å². The molecule has 0 bridgehead atoms. The van der Waals surface area contributed by atoms with E-state index in [0.717, 1.165) is 32.1 Å². The number of nitrogens with one attached hydrogen (secondary N) is 1. The summed E-state index contributed by atoms with van der Waals surface area (Å²) in [5.74, 6) is -0.323. The molecule has 0 radical (unpaired) electrons. The summed E-state index contributed by atoms with van der Waals surface area (Å²) < 4.78 is 0. The maximum Gasteiger partial charge on any atom is 0.222 e. The van der Waals surface area contributed by atoms with Crippen LogP contribution in [0.25, 0.3) is 0 Å². The summed E-state index contributed by atoms with van der Waals surface area (Å²) in [5.41, 5.74) is 0. The summed E-state index contributed by atoms with van der Waals surface area (Å²) >= 11 is 0. The molecule has 1 amide bonds. The Kier molecular flexibility index (Phi) is 42.6. The summed E-state index contributed by atoms with van der Waals surface area (Å²) in [7, 11) is 0. The Balaban J connectivity index is 3.52. The first-order chi connectivity index (χ1) is 26.0. The van der Waals surface area contributed by atoms with Crippen LogP contribution in [-0.4, -0.2) is 46.1 Å². The lowest BCUT2D eigenvalue weighted by Gasteiger charge is -2.21. The highest BCUT2D eigenvalue weighted by atomic mass is 16.3. The van der Waals surface area contributed by atoms with Crippen molar-refractivity contribution < 1.29 is 20.1 Å². The van der Waals surface area contributed by atoms with Crippen LogP contribution in [0.1, 0.15) is 251 Å². The maximum absolute atomic E-state index is 12.4. The molecule has 0 spiro atoms. The van der Waals surface area contributed by atoms with E-state index in [2.05, 4.69) is 31.3 Å². The topological polar surface area (TPSA) is 89.8 Å². The molecule has 3 atom stereocenters. The van der Waals surface area contributed by atoms with Gasteiger partial charge in [0, 0.05) is 0 Å². The van der Waals surface area contributed by atoms with Gasteiger partial charge in [0.15, 0.2) is 0 Å². The number of aliphatic hydroxyl groups is 3. The zero-order chi connectivity index (χ0) is 38.7. The number of amides is 1. The molecule has 0 aromatic carbocycles. The van der Waals surface area contributed by atoms with Gasteiger partial charge in [-0.05, 0) is 32.1 Å². The van der Waals surface area contributed by atoms with Crippen molar-refractivity contribution in [3.63, 3.8) is 0 Å². The maximum atomic E-state index is 12.4. The van der Waals surface area contributed by atoms with E-state index in [0.29, 0.717) is 6.42 Å². The van der Waals surface area contributed by atoms with E-state index in [1.807, 2.05) is 6.08 Å². The third-order valence-corrected chi connectivity index (χ3v) is 11.0. The predicted octanol–water partition coefficient (Wildman–Crippen LogP) is 13.8. The Bertz CT molecular complexity index is 784. The Morgan fingerprint density at radius 3 is 1.21 bits per heavy atom. The monoisotopic (exact) mass is 748 g/mol. The average molecular weight is 748 g/mol. The number of carbonyl (C=O) groups is 1. The van der Waals surface area contributed by atoms with Crippen LogP contribution in [0.15, 0.2) is 24.3 Å². The smallest absolute Gasteiger partial charge is 0.222 e. The van der Waals surface area contributed by atoms with E-state index in [-0.39, 0.29) is 18.9 Å². The molecule has 314 valence electrons. The lowest BCUT2D eigenvalue weighted by Crippen LogP contribution is -2.45. The van der Waals surface area contributed by atoms with E-state index >= 15 is 0 Å². The molecule has 3 unspecified atom stereocenters. The number of unbranched alkanes of at least 4 members (excludes halogenated alkanes) is 32. The summed E-state index contributed by atoms with van der Waals surface area (Å²) in [4.78, 5) is 12.4. The first-order valence-corrected chi connectivity index (χ1v) is 23.6. The van der Waals surface area contributed by atoms with Crippen molar-refractivity contribution in [2.75, 3.05) is 6.61 Å². The van der Waals surface area contributed by atoms with Crippen molar-refractivity contribution in [3.05, 3.63) is 24.3 Å². The minimum Gasteiger partial charge on any atom is -0.394 e. The first kappa shape index (κ1) is 51.8. The van der Waals surface area contributed by atoms with Crippen molar-refractivity contribution in [2.45, 2.75) is 270 Å². The zero-order valence-corrected chi connectivity index (χ0v) is 35.7. The second-order valence-corrected chi connectivity index (χ2v) is 16.4. The highest BCUT2D eigenvalue weighted by Crippen LogP contribution is 2.17. The second kappa shape index (κ2) is 43.6. The molecule has 0 aliphatic carbocycles. The van der Waals surface area contributed by atoms with Crippen molar-refractivity contribution >= 4 is 5.91 Å². The molecule has 0 aromatic rings. The molecule has 0 heterocycles. The van der Waals surface area contributed by atoms with E-state index in [9.17, 15) is 20.1 Å². The van der Waals surface area contributed by atoms with Gasteiger partial charge in [-0.15, -0.1) is 0 Å². The van der Waals surface area contributed by atoms with Crippen molar-refractivity contribution in [3.8, 4) is 0 Å². The van der Waals surface area contributed by atoms with Crippen molar-refractivity contribution in [2.24, 2.45) is 0 Å². The lowest BCUT2D eigenvalue weighted by molar-refractivity contribution is -0.124. The van der Waals surface area contributed by atoms with Crippen LogP contribution in [0.2, 0.25) is 0 Å². The van der Waals surface area contributed by atoms with Gasteiger partial charge < -0.3 is 20.6 Å².